The quantitative estimate of drug-likeness (QED) is 0.843. The zero-order valence-corrected chi connectivity index (χ0v) is 10.9. The van der Waals surface area contributed by atoms with Gasteiger partial charge in [0.25, 0.3) is 0 Å². The number of aromatic carboxylic acids is 1. The topological polar surface area (TPSA) is 83.6 Å². The van der Waals surface area contributed by atoms with Gasteiger partial charge in [0.05, 0.1) is 5.56 Å². The van der Waals surface area contributed by atoms with Crippen molar-refractivity contribution in [2.24, 2.45) is 11.7 Å². The standard InChI is InChI=1S/C14H18N2O3/c1-9(13(15)17)7-16-6-5-11-10(8-16)3-2-4-12(11)14(18)19/h2-4,9H,5-8H2,1H3,(H2,15,17)(H,18,19). The van der Waals surface area contributed by atoms with E-state index in [0.29, 0.717) is 25.1 Å². The van der Waals surface area contributed by atoms with E-state index in [1.807, 2.05) is 13.0 Å². The molecule has 5 heteroatoms. The Morgan fingerprint density at radius 3 is 2.84 bits per heavy atom. The van der Waals surface area contributed by atoms with E-state index in [1.54, 1.807) is 12.1 Å². The van der Waals surface area contributed by atoms with Gasteiger partial charge in [-0.1, -0.05) is 19.1 Å². The Hall–Kier alpha value is -1.88. The van der Waals surface area contributed by atoms with Gasteiger partial charge in [-0.25, -0.2) is 4.79 Å². The van der Waals surface area contributed by atoms with Crippen LogP contribution in [0.5, 0.6) is 0 Å². The first-order valence-corrected chi connectivity index (χ1v) is 6.34. The normalized spacial score (nSPS) is 16.7. The van der Waals surface area contributed by atoms with Crippen molar-refractivity contribution in [3.05, 3.63) is 34.9 Å². The molecule has 0 saturated carbocycles. The molecule has 5 nitrogen and oxygen atoms in total. The summed E-state index contributed by atoms with van der Waals surface area (Å²) in [5.74, 6) is -1.37. The summed E-state index contributed by atoms with van der Waals surface area (Å²) >= 11 is 0. The van der Waals surface area contributed by atoms with E-state index in [1.165, 1.54) is 0 Å². The zero-order valence-electron chi connectivity index (χ0n) is 10.9. The minimum absolute atomic E-state index is 0.191. The van der Waals surface area contributed by atoms with Gasteiger partial charge in [-0.05, 0) is 23.6 Å². The Labute approximate surface area is 112 Å². The lowest BCUT2D eigenvalue weighted by Crippen LogP contribution is -2.38. The van der Waals surface area contributed by atoms with E-state index in [0.717, 1.165) is 17.7 Å². The number of hydrogen-bond donors (Lipinski definition) is 2. The predicted molar refractivity (Wildman–Crippen MR) is 70.7 cm³/mol. The second kappa shape index (κ2) is 5.40. The Kier molecular flexibility index (Phi) is 3.85. The van der Waals surface area contributed by atoms with Gasteiger partial charge in [0, 0.05) is 25.6 Å². The number of nitrogens with two attached hydrogens (primary N) is 1. The molecule has 19 heavy (non-hydrogen) atoms. The summed E-state index contributed by atoms with van der Waals surface area (Å²) in [5.41, 5.74) is 7.60. The third-order valence-electron chi connectivity index (χ3n) is 3.59. The van der Waals surface area contributed by atoms with E-state index in [9.17, 15) is 9.59 Å². The van der Waals surface area contributed by atoms with Crippen LogP contribution in [0.3, 0.4) is 0 Å². The summed E-state index contributed by atoms with van der Waals surface area (Å²) in [6.45, 7) is 3.86. The number of fused-ring (bicyclic) bond motifs is 1. The number of carboxylic acid groups (broad SMARTS) is 1. The largest absolute Gasteiger partial charge is 0.478 e. The number of carboxylic acids is 1. The average Bonchev–Trinajstić information content (AvgIpc) is 2.37. The summed E-state index contributed by atoms with van der Waals surface area (Å²) in [6, 6.07) is 5.36. The molecule has 0 bridgehead atoms. The van der Waals surface area contributed by atoms with Gasteiger partial charge in [0.15, 0.2) is 0 Å². The van der Waals surface area contributed by atoms with Gasteiger partial charge < -0.3 is 10.8 Å². The lowest BCUT2D eigenvalue weighted by atomic mass is 9.94. The zero-order chi connectivity index (χ0) is 14.0. The van der Waals surface area contributed by atoms with Gasteiger partial charge in [-0.2, -0.15) is 0 Å². The molecule has 1 unspecified atom stereocenters. The van der Waals surface area contributed by atoms with Gasteiger partial charge in [0.1, 0.15) is 0 Å². The lowest BCUT2D eigenvalue weighted by Gasteiger charge is -2.30. The lowest BCUT2D eigenvalue weighted by molar-refractivity contribution is -0.121. The van der Waals surface area contributed by atoms with Crippen molar-refractivity contribution in [2.75, 3.05) is 13.1 Å². The Balaban J connectivity index is 2.15. The van der Waals surface area contributed by atoms with Crippen LogP contribution in [0, 0.1) is 5.92 Å². The molecule has 1 heterocycles. The third kappa shape index (κ3) is 2.93. The summed E-state index contributed by atoms with van der Waals surface area (Å²) in [6.07, 6.45) is 0.698. The number of amides is 1. The van der Waals surface area contributed by atoms with Crippen molar-refractivity contribution in [3.8, 4) is 0 Å². The second-order valence-electron chi connectivity index (χ2n) is 5.04. The molecule has 1 aliphatic rings. The van der Waals surface area contributed by atoms with E-state index in [-0.39, 0.29) is 11.8 Å². The third-order valence-corrected chi connectivity index (χ3v) is 3.59. The molecular weight excluding hydrogens is 244 g/mol. The van der Waals surface area contributed by atoms with Gasteiger partial charge in [-0.15, -0.1) is 0 Å². The molecule has 0 saturated heterocycles. The highest BCUT2D eigenvalue weighted by molar-refractivity contribution is 5.89. The van der Waals surface area contributed by atoms with Crippen LogP contribution in [-0.4, -0.2) is 35.0 Å². The molecule has 0 aliphatic carbocycles. The number of benzene rings is 1. The maximum absolute atomic E-state index is 11.1. The average molecular weight is 262 g/mol. The first kappa shape index (κ1) is 13.5. The monoisotopic (exact) mass is 262 g/mol. The molecule has 0 spiro atoms. The van der Waals surface area contributed by atoms with Crippen LogP contribution in [-0.2, 0) is 17.8 Å². The van der Waals surface area contributed by atoms with E-state index < -0.39 is 5.97 Å². The minimum atomic E-state index is -0.879. The smallest absolute Gasteiger partial charge is 0.335 e. The van der Waals surface area contributed by atoms with Crippen molar-refractivity contribution in [3.63, 3.8) is 0 Å². The Morgan fingerprint density at radius 1 is 1.47 bits per heavy atom. The van der Waals surface area contributed by atoms with E-state index >= 15 is 0 Å². The first-order chi connectivity index (χ1) is 8.99. The molecule has 1 atom stereocenters. The number of carbonyl (C=O) groups is 2. The Morgan fingerprint density at radius 2 is 2.21 bits per heavy atom. The van der Waals surface area contributed by atoms with Crippen molar-refractivity contribution in [1.29, 1.82) is 0 Å². The summed E-state index contributed by atoms with van der Waals surface area (Å²) in [7, 11) is 0. The summed E-state index contributed by atoms with van der Waals surface area (Å²) in [5, 5.41) is 9.15. The fraction of sp³-hybridized carbons (Fsp3) is 0.429. The number of nitrogens with zero attached hydrogens (tertiary/aromatic N) is 1. The predicted octanol–water partition coefficient (Wildman–Crippen LogP) is 0.864. The van der Waals surface area contributed by atoms with Crippen LogP contribution in [0.4, 0.5) is 0 Å². The van der Waals surface area contributed by atoms with Crippen molar-refractivity contribution >= 4 is 11.9 Å². The molecule has 0 radical (unpaired) electrons. The van der Waals surface area contributed by atoms with Crippen LogP contribution in [0.15, 0.2) is 18.2 Å². The number of primary amides is 1. The van der Waals surface area contributed by atoms with Crippen LogP contribution in [0.1, 0.15) is 28.4 Å². The molecule has 1 aromatic rings. The molecule has 1 amide bonds. The molecule has 0 fully saturated rings. The van der Waals surface area contributed by atoms with E-state index in [4.69, 9.17) is 10.8 Å². The van der Waals surface area contributed by atoms with Crippen LogP contribution < -0.4 is 5.73 Å². The second-order valence-corrected chi connectivity index (χ2v) is 5.04. The fourth-order valence-corrected chi connectivity index (χ4v) is 2.50. The van der Waals surface area contributed by atoms with Crippen LogP contribution >= 0.6 is 0 Å². The minimum Gasteiger partial charge on any atom is -0.478 e. The van der Waals surface area contributed by atoms with Gasteiger partial charge >= 0.3 is 5.97 Å². The SMILES string of the molecule is CC(CN1CCc2c(cccc2C(=O)O)C1)C(N)=O. The molecule has 1 aliphatic heterocycles. The maximum atomic E-state index is 11.1. The van der Waals surface area contributed by atoms with Gasteiger partial charge in [-0.3, -0.25) is 9.69 Å². The van der Waals surface area contributed by atoms with Gasteiger partial charge in [0.2, 0.25) is 5.91 Å². The van der Waals surface area contributed by atoms with E-state index in [2.05, 4.69) is 4.90 Å². The molecule has 1 aromatic carbocycles. The Bertz CT molecular complexity index is 513. The van der Waals surface area contributed by atoms with Crippen LogP contribution in [0.2, 0.25) is 0 Å². The number of hydrogen-bond acceptors (Lipinski definition) is 3. The highest BCUT2D eigenvalue weighted by Gasteiger charge is 2.23. The summed E-state index contributed by atoms with van der Waals surface area (Å²) in [4.78, 5) is 24.4. The van der Waals surface area contributed by atoms with Crippen molar-refractivity contribution in [2.45, 2.75) is 19.9 Å². The summed E-state index contributed by atoms with van der Waals surface area (Å²) < 4.78 is 0. The molecule has 0 aromatic heterocycles. The molecule has 3 N–H and O–H groups in total. The molecular formula is C14H18N2O3. The number of rotatable bonds is 4. The van der Waals surface area contributed by atoms with Crippen molar-refractivity contribution < 1.29 is 14.7 Å². The molecule has 102 valence electrons. The van der Waals surface area contributed by atoms with Crippen LogP contribution in [0.25, 0.3) is 0 Å². The first-order valence-electron chi connectivity index (χ1n) is 6.34. The highest BCUT2D eigenvalue weighted by atomic mass is 16.4. The number of carbonyl (C=O) groups excluding carboxylic acids is 1. The van der Waals surface area contributed by atoms with Crippen molar-refractivity contribution in [1.82, 2.24) is 4.90 Å². The molecule has 2 rings (SSSR count). The fourth-order valence-electron chi connectivity index (χ4n) is 2.50. The maximum Gasteiger partial charge on any atom is 0.335 e. The highest BCUT2D eigenvalue weighted by Crippen LogP contribution is 2.23.